The molecule has 1 aromatic carbocycles. The van der Waals surface area contributed by atoms with Crippen molar-refractivity contribution in [1.82, 2.24) is 0 Å². The molecule has 0 amide bonds. The zero-order valence-corrected chi connectivity index (χ0v) is 6.59. The van der Waals surface area contributed by atoms with E-state index in [1.807, 2.05) is 0 Å². The number of hydrogen-bond acceptors (Lipinski definition) is 2. The first-order valence-corrected chi connectivity index (χ1v) is 2.82. The molecule has 0 aliphatic heterocycles. The van der Waals surface area contributed by atoms with Gasteiger partial charge in [0.2, 0.25) is 5.39 Å². The summed E-state index contributed by atoms with van der Waals surface area (Å²) in [5.74, 6) is -0.586. The molecule has 0 aromatic heterocycles. The van der Waals surface area contributed by atoms with E-state index in [2.05, 4.69) is 4.98 Å². The van der Waals surface area contributed by atoms with Gasteiger partial charge in [-0.1, -0.05) is 0 Å². The van der Waals surface area contributed by atoms with E-state index in [4.69, 9.17) is 10.7 Å². The molecule has 0 bridgehead atoms. The molecule has 0 saturated carbocycles. The normalized spacial score (nSPS) is 7.58. The van der Waals surface area contributed by atoms with Crippen LogP contribution in [0.1, 0.15) is 5.56 Å². The van der Waals surface area contributed by atoms with Crippen LogP contribution in [0.25, 0.3) is 4.98 Å². The highest BCUT2D eigenvalue weighted by atomic mass is 35.5. The van der Waals surface area contributed by atoms with Crippen molar-refractivity contribution < 1.29 is 16.8 Å². The average Bonchev–Trinajstić information content (AvgIpc) is 2.03. The lowest BCUT2D eigenvalue weighted by atomic mass is 10.2. The average molecular weight is 184 g/mol. The number of hydrogen-bond donors (Lipinski definition) is 0. The fourth-order valence-electron chi connectivity index (χ4n) is 0.696. The molecule has 1 rings (SSSR count). The van der Waals surface area contributed by atoms with Gasteiger partial charge in [0.25, 0.3) is 0 Å². The van der Waals surface area contributed by atoms with Gasteiger partial charge in [-0.15, -0.1) is 0 Å². The van der Waals surface area contributed by atoms with Gasteiger partial charge in [0.1, 0.15) is 5.82 Å². The summed E-state index contributed by atoms with van der Waals surface area (Å²) < 4.78 is 12.5. The summed E-state index contributed by atoms with van der Waals surface area (Å²) in [6.45, 7) is 0. The molecule has 0 fully saturated rings. The van der Waals surface area contributed by atoms with Gasteiger partial charge in [0.15, 0.2) is 4.98 Å². The zero-order chi connectivity index (χ0) is 8.27. The molecule has 0 unspecified atom stereocenters. The van der Waals surface area contributed by atoms with Crippen LogP contribution in [-0.4, -0.2) is 0 Å². The monoisotopic (exact) mass is 183 g/mol. The molecule has 0 atom stereocenters. The van der Waals surface area contributed by atoms with E-state index in [-0.39, 0.29) is 23.7 Å². The van der Waals surface area contributed by atoms with Crippen molar-refractivity contribution in [1.29, 1.82) is 10.7 Å². The van der Waals surface area contributed by atoms with Gasteiger partial charge in [-0.05, 0) is 6.07 Å². The minimum absolute atomic E-state index is 0. The van der Waals surface area contributed by atoms with Crippen LogP contribution in [0.3, 0.4) is 0 Å². The summed E-state index contributed by atoms with van der Waals surface area (Å²) in [5.41, 5.74) is 0.180. The van der Waals surface area contributed by atoms with Gasteiger partial charge in [-0.2, -0.15) is 5.26 Å². The molecule has 5 heteroatoms. The Hall–Kier alpha value is -1.65. The van der Waals surface area contributed by atoms with Crippen LogP contribution >= 0.6 is 0 Å². The van der Waals surface area contributed by atoms with E-state index in [1.54, 1.807) is 6.07 Å². The van der Waals surface area contributed by atoms with E-state index in [9.17, 15) is 4.39 Å². The van der Waals surface area contributed by atoms with E-state index in [0.29, 0.717) is 0 Å². The fraction of sp³-hybridized carbons (Fsp3) is 0. The molecule has 0 saturated heterocycles. The summed E-state index contributed by atoms with van der Waals surface area (Å²) >= 11 is 0. The third-order valence-electron chi connectivity index (χ3n) is 1.13. The smallest absolute Gasteiger partial charge is 0.389 e. The number of nitriles is 1. The van der Waals surface area contributed by atoms with Crippen LogP contribution in [0.2, 0.25) is 0 Å². The molecule has 0 aliphatic rings. The summed E-state index contributed by atoms with van der Waals surface area (Å²) in [6, 6.07) is 5.11. The highest BCUT2D eigenvalue weighted by Crippen LogP contribution is 2.15. The van der Waals surface area contributed by atoms with Crippen LogP contribution < -0.4 is 12.4 Å². The van der Waals surface area contributed by atoms with Crippen LogP contribution in [0.4, 0.5) is 10.1 Å². The Morgan fingerprint density at radius 1 is 1.33 bits per heavy atom. The van der Waals surface area contributed by atoms with Gasteiger partial charge in [0, 0.05) is 0 Å². The third kappa shape index (κ3) is 2.19. The van der Waals surface area contributed by atoms with E-state index in [1.165, 1.54) is 6.07 Å². The summed E-state index contributed by atoms with van der Waals surface area (Å²) in [4.78, 5) is 2.75. The van der Waals surface area contributed by atoms with Crippen molar-refractivity contribution in [2.75, 3.05) is 0 Å². The van der Waals surface area contributed by atoms with Crippen LogP contribution in [0.15, 0.2) is 18.2 Å². The molecule has 0 heterocycles. The van der Waals surface area contributed by atoms with Crippen molar-refractivity contribution in [2.24, 2.45) is 0 Å². The number of benzene rings is 1. The molecule has 3 nitrogen and oxygen atoms in total. The second kappa shape index (κ2) is 4.27. The van der Waals surface area contributed by atoms with Gasteiger partial charge in [-0.3, -0.25) is 0 Å². The molecule has 60 valence electrons. The van der Waals surface area contributed by atoms with E-state index in [0.717, 1.165) is 12.1 Å². The lowest BCUT2D eigenvalue weighted by Crippen LogP contribution is -3.00. The molecule has 0 spiro atoms. The van der Waals surface area contributed by atoms with Gasteiger partial charge in [0.05, 0.1) is 23.8 Å². The molecule has 1 aromatic rings. The number of rotatable bonds is 0. The summed E-state index contributed by atoms with van der Waals surface area (Å²) in [7, 11) is 0. The summed E-state index contributed by atoms with van der Waals surface area (Å²) in [5, 5.41) is 16.6. The highest BCUT2D eigenvalue weighted by Gasteiger charge is 2.08. The van der Waals surface area contributed by atoms with Crippen LogP contribution in [-0.2, 0) is 0 Å². The SMILES string of the molecule is N#Cc1cc(F)cc([N+]#N)c1.[Cl-]. The fourth-order valence-corrected chi connectivity index (χ4v) is 0.696. The Kier molecular flexibility index (Phi) is 3.69. The Bertz CT molecular complexity index is 332. The van der Waals surface area contributed by atoms with Gasteiger partial charge < -0.3 is 12.4 Å². The maximum absolute atomic E-state index is 12.5. The van der Waals surface area contributed by atoms with Gasteiger partial charge >= 0.3 is 5.69 Å². The van der Waals surface area contributed by atoms with Crippen molar-refractivity contribution >= 4 is 5.69 Å². The molecule has 0 radical (unpaired) electrons. The molecular formula is C7H3ClFN3. The van der Waals surface area contributed by atoms with E-state index < -0.39 is 5.82 Å². The van der Waals surface area contributed by atoms with Crippen LogP contribution in [0, 0.1) is 22.5 Å². The minimum Gasteiger partial charge on any atom is -1.00 e. The Labute approximate surface area is 74.5 Å². The quantitative estimate of drug-likeness (QED) is 0.494. The molecule has 0 N–H and O–H groups in total. The minimum atomic E-state index is -0.586. The third-order valence-corrected chi connectivity index (χ3v) is 1.13. The second-order valence-electron chi connectivity index (χ2n) is 1.91. The van der Waals surface area contributed by atoms with Crippen molar-refractivity contribution in [3.8, 4) is 6.07 Å². The Morgan fingerprint density at radius 3 is 2.50 bits per heavy atom. The van der Waals surface area contributed by atoms with Crippen molar-refractivity contribution in [3.63, 3.8) is 0 Å². The molecule has 0 aliphatic carbocycles. The highest BCUT2D eigenvalue weighted by molar-refractivity contribution is 5.49. The first-order chi connectivity index (χ1) is 5.26. The van der Waals surface area contributed by atoms with Gasteiger partial charge in [-0.25, -0.2) is 4.39 Å². The van der Waals surface area contributed by atoms with Crippen molar-refractivity contribution in [3.05, 3.63) is 34.6 Å². The maximum atomic E-state index is 12.5. The zero-order valence-electron chi connectivity index (χ0n) is 5.83. The number of nitrogens with zero attached hydrogens (tertiary/aromatic N) is 3. The maximum Gasteiger partial charge on any atom is 0.389 e. The van der Waals surface area contributed by atoms with E-state index >= 15 is 0 Å². The summed E-state index contributed by atoms with van der Waals surface area (Å²) in [6.07, 6.45) is 0. The number of halogens is 2. The topological polar surface area (TPSA) is 51.9 Å². The first kappa shape index (κ1) is 10.3. The Morgan fingerprint density at radius 2 is 2.00 bits per heavy atom. The van der Waals surface area contributed by atoms with Crippen LogP contribution in [0.5, 0.6) is 0 Å². The largest absolute Gasteiger partial charge is 1.00 e. The predicted octanol–water partition coefficient (Wildman–Crippen LogP) is -0.814. The molecule has 12 heavy (non-hydrogen) atoms. The standard InChI is InChI=1S/C7H3FN3.ClH/c8-6-1-5(4-9)2-7(3-6)11-10;/h1-3H;1H/q+1;/p-1. The first-order valence-electron chi connectivity index (χ1n) is 2.82. The van der Waals surface area contributed by atoms with Crippen molar-refractivity contribution in [2.45, 2.75) is 0 Å². The predicted molar refractivity (Wildman–Crippen MR) is 35.9 cm³/mol. The number of diazo groups is 1. The Balaban J connectivity index is 0.00000121. The molecular weight excluding hydrogens is 181 g/mol. The lowest BCUT2D eigenvalue weighted by Gasteiger charge is -1.83. The lowest BCUT2D eigenvalue weighted by molar-refractivity contribution is -0.00000334. The second-order valence-corrected chi connectivity index (χ2v) is 1.91.